The molecule has 2 N–H and O–H groups in total. The van der Waals surface area contributed by atoms with Crippen LogP contribution in [0.2, 0.25) is 0 Å². The van der Waals surface area contributed by atoms with Gasteiger partial charge in [0.1, 0.15) is 6.26 Å². The summed E-state index contributed by atoms with van der Waals surface area (Å²) in [6.07, 6.45) is -2.20. The number of aromatic nitrogens is 1. The highest BCUT2D eigenvalue weighted by molar-refractivity contribution is 7.87. The van der Waals surface area contributed by atoms with Crippen LogP contribution in [0, 0.1) is 6.92 Å². The molecule has 12 heteroatoms. The van der Waals surface area contributed by atoms with E-state index < -0.39 is 27.9 Å². The smallest absolute Gasteiger partial charge is 0.416 e. The number of carbonyl (C=O) groups is 1. The van der Waals surface area contributed by atoms with Crippen molar-refractivity contribution in [2.45, 2.75) is 38.9 Å². The number of halogens is 3. The van der Waals surface area contributed by atoms with Crippen molar-refractivity contribution in [2.75, 3.05) is 11.9 Å². The Balaban J connectivity index is 1.73. The van der Waals surface area contributed by atoms with Crippen molar-refractivity contribution in [3.63, 3.8) is 0 Å². The normalized spacial score (nSPS) is 18.0. The number of nitrogens with one attached hydrogen (secondary N) is 2. The Kier molecular flexibility index (Phi) is 5.59. The number of benzene rings is 1. The molecule has 1 amide bonds. The molecule has 1 aliphatic heterocycles. The number of hydrogen-bond donors (Lipinski definition) is 2. The summed E-state index contributed by atoms with van der Waals surface area (Å²) in [5, 5.41) is 2.57. The predicted octanol–water partition coefficient (Wildman–Crippen LogP) is 3.20. The van der Waals surface area contributed by atoms with Crippen molar-refractivity contribution in [3.8, 4) is 0 Å². The molecular formula is C17H19F3N4O4S. The SMILES string of the molecule is Cc1ccc(C(F)(F)F)cc1Nc1nc(C(=O)NS(=O)(=O)N2CCCC2C)co1. The van der Waals surface area contributed by atoms with E-state index in [4.69, 9.17) is 4.42 Å². The van der Waals surface area contributed by atoms with E-state index in [2.05, 4.69) is 10.3 Å². The average molecular weight is 432 g/mol. The van der Waals surface area contributed by atoms with Gasteiger partial charge in [-0.25, -0.2) is 4.72 Å². The van der Waals surface area contributed by atoms with Crippen LogP contribution in [-0.2, 0) is 16.4 Å². The fraction of sp³-hybridized carbons (Fsp3) is 0.412. The minimum atomic E-state index is -4.52. The number of hydrogen-bond acceptors (Lipinski definition) is 6. The molecule has 1 saturated heterocycles. The molecule has 2 aromatic rings. The Morgan fingerprint density at radius 1 is 1.34 bits per heavy atom. The number of rotatable bonds is 5. The van der Waals surface area contributed by atoms with Crippen molar-refractivity contribution in [2.24, 2.45) is 0 Å². The van der Waals surface area contributed by atoms with E-state index in [-0.39, 0.29) is 23.4 Å². The molecule has 0 radical (unpaired) electrons. The number of amides is 1. The Labute approximate surface area is 165 Å². The first kappa shape index (κ1) is 21.1. The number of anilines is 2. The van der Waals surface area contributed by atoms with Gasteiger partial charge in [-0.3, -0.25) is 4.79 Å². The first-order chi connectivity index (χ1) is 13.5. The summed E-state index contributed by atoms with van der Waals surface area (Å²) in [7, 11) is -4.03. The fourth-order valence-electron chi connectivity index (χ4n) is 2.98. The molecule has 1 fully saturated rings. The lowest BCUT2D eigenvalue weighted by Gasteiger charge is -2.20. The molecule has 1 aliphatic rings. The summed E-state index contributed by atoms with van der Waals surface area (Å²) in [5.74, 6) is -0.998. The number of aryl methyl sites for hydroxylation is 1. The number of oxazole rings is 1. The monoisotopic (exact) mass is 432 g/mol. The number of alkyl halides is 3. The van der Waals surface area contributed by atoms with Crippen LogP contribution in [0.3, 0.4) is 0 Å². The van der Waals surface area contributed by atoms with Gasteiger partial charge in [0.2, 0.25) is 0 Å². The second kappa shape index (κ2) is 7.67. The van der Waals surface area contributed by atoms with E-state index in [0.717, 1.165) is 18.4 Å². The van der Waals surface area contributed by atoms with Gasteiger partial charge in [-0.1, -0.05) is 6.07 Å². The maximum absolute atomic E-state index is 12.9. The zero-order valence-corrected chi connectivity index (χ0v) is 16.4. The molecule has 0 bridgehead atoms. The molecule has 0 spiro atoms. The van der Waals surface area contributed by atoms with Crippen LogP contribution < -0.4 is 10.0 Å². The molecule has 1 unspecified atom stereocenters. The van der Waals surface area contributed by atoms with E-state index in [1.54, 1.807) is 13.8 Å². The summed E-state index contributed by atoms with van der Waals surface area (Å²) in [5.41, 5.74) is -0.603. The summed E-state index contributed by atoms with van der Waals surface area (Å²) in [6.45, 7) is 3.64. The van der Waals surface area contributed by atoms with Crippen LogP contribution in [0.25, 0.3) is 0 Å². The molecule has 8 nitrogen and oxygen atoms in total. The number of carbonyl (C=O) groups excluding carboxylic acids is 1. The number of nitrogens with zero attached hydrogens (tertiary/aromatic N) is 2. The Hall–Kier alpha value is -2.60. The van der Waals surface area contributed by atoms with Gasteiger partial charge in [0.05, 0.1) is 5.56 Å². The third-order valence-corrected chi connectivity index (χ3v) is 6.17. The Morgan fingerprint density at radius 3 is 2.69 bits per heavy atom. The molecule has 2 heterocycles. The molecule has 0 saturated carbocycles. The van der Waals surface area contributed by atoms with E-state index >= 15 is 0 Å². The largest absolute Gasteiger partial charge is 0.431 e. The standard InChI is InChI=1S/C17H19F3N4O4S/c1-10-5-6-12(17(18,19)20)8-13(10)21-16-22-14(9-28-16)15(25)23-29(26,27)24-7-3-4-11(24)2/h5-6,8-9,11H,3-4,7H2,1-2H3,(H,21,22)(H,23,25). The van der Waals surface area contributed by atoms with Crippen molar-refractivity contribution >= 4 is 27.8 Å². The summed E-state index contributed by atoms with van der Waals surface area (Å²) < 4.78 is 71.4. The summed E-state index contributed by atoms with van der Waals surface area (Å²) in [6, 6.07) is 2.65. The van der Waals surface area contributed by atoms with Crippen LogP contribution in [0.1, 0.15) is 41.4 Å². The van der Waals surface area contributed by atoms with Gasteiger partial charge in [-0.15, -0.1) is 0 Å². The summed E-state index contributed by atoms with van der Waals surface area (Å²) in [4.78, 5) is 16.0. The minimum Gasteiger partial charge on any atom is -0.431 e. The third-order valence-electron chi connectivity index (χ3n) is 4.57. The van der Waals surface area contributed by atoms with Crippen molar-refractivity contribution in [1.29, 1.82) is 0 Å². The molecular weight excluding hydrogens is 413 g/mol. The quantitative estimate of drug-likeness (QED) is 0.752. The van der Waals surface area contributed by atoms with Crippen LogP contribution >= 0.6 is 0 Å². The zero-order valence-electron chi connectivity index (χ0n) is 15.6. The Bertz CT molecular complexity index is 1020. The lowest BCUT2D eigenvalue weighted by Crippen LogP contribution is -2.44. The maximum atomic E-state index is 12.9. The molecule has 1 aromatic carbocycles. The second-order valence-electron chi connectivity index (χ2n) is 6.73. The Morgan fingerprint density at radius 2 is 2.07 bits per heavy atom. The average Bonchev–Trinajstić information content (AvgIpc) is 3.25. The molecule has 29 heavy (non-hydrogen) atoms. The van der Waals surface area contributed by atoms with Gasteiger partial charge in [-0.2, -0.15) is 30.9 Å². The fourth-order valence-corrected chi connectivity index (χ4v) is 4.38. The molecule has 1 atom stereocenters. The van der Waals surface area contributed by atoms with Crippen LogP contribution in [-0.4, -0.2) is 36.2 Å². The van der Waals surface area contributed by atoms with Gasteiger partial charge in [-0.05, 0) is 44.4 Å². The van der Waals surface area contributed by atoms with Gasteiger partial charge in [0, 0.05) is 18.3 Å². The van der Waals surface area contributed by atoms with Gasteiger partial charge in [0.25, 0.3) is 11.9 Å². The van der Waals surface area contributed by atoms with Crippen LogP contribution in [0.15, 0.2) is 28.9 Å². The molecule has 1 aromatic heterocycles. The highest BCUT2D eigenvalue weighted by Crippen LogP contribution is 2.33. The summed E-state index contributed by atoms with van der Waals surface area (Å²) >= 11 is 0. The minimum absolute atomic E-state index is 0.0900. The van der Waals surface area contributed by atoms with E-state index in [9.17, 15) is 26.4 Å². The van der Waals surface area contributed by atoms with Crippen LogP contribution in [0.5, 0.6) is 0 Å². The van der Waals surface area contributed by atoms with Crippen molar-refractivity contribution in [3.05, 3.63) is 41.3 Å². The molecule has 3 rings (SSSR count). The van der Waals surface area contributed by atoms with E-state index in [1.807, 2.05) is 4.72 Å². The van der Waals surface area contributed by atoms with Crippen molar-refractivity contribution in [1.82, 2.24) is 14.0 Å². The lowest BCUT2D eigenvalue weighted by atomic mass is 10.1. The molecule has 0 aliphatic carbocycles. The maximum Gasteiger partial charge on any atom is 0.416 e. The van der Waals surface area contributed by atoms with Crippen molar-refractivity contribution < 1.29 is 30.8 Å². The first-order valence-electron chi connectivity index (χ1n) is 8.71. The third kappa shape index (κ3) is 4.70. The second-order valence-corrected chi connectivity index (χ2v) is 8.35. The zero-order chi connectivity index (χ0) is 21.4. The van der Waals surface area contributed by atoms with Gasteiger partial charge >= 0.3 is 16.4 Å². The first-order valence-corrected chi connectivity index (χ1v) is 10.2. The lowest BCUT2D eigenvalue weighted by molar-refractivity contribution is -0.137. The molecule has 158 valence electrons. The van der Waals surface area contributed by atoms with Crippen LogP contribution in [0.4, 0.5) is 24.9 Å². The van der Waals surface area contributed by atoms with E-state index in [0.29, 0.717) is 24.9 Å². The van der Waals surface area contributed by atoms with E-state index in [1.165, 1.54) is 10.4 Å². The predicted molar refractivity (Wildman–Crippen MR) is 97.8 cm³/mol. The highest BCUT2D eigenvalue weighted by atomic mass is 32.2. The topological polar surface area (TPSA) is 105 Å². The highest BCUT2D eigenvalue weighted by Gasteiger charge is 2.33. The van der Waals surface area contributed by atoms with Gasteiger partial charge < -0.3 is 9.73 Å². The van der Waals surface area contributed by atoms with Gasteiger partial charge in [0.15, 0.2) is 5.69 Å².